The van der Waals surface area contributed by atoms with Crippen LogP contribution < -0.4 is 11.1 Å². The fourth-order valence-electron chi connectivity index (χ4n) is 1.76. The number of hydrogen-bond donors (Lipinski definition) is 2. The van der Waals surface area contributed by atoms with Crippen LogP contribution in [0.5, 0.6) is 0 Å². The number of benzene rings is 1. The zero-order valence-corrected chi connectivity index (χ0v) is 11.3. The molecule has 1 amide bonds. The van der Waals surface area contributed by atoms with Crippen molar-refractivity contribution in [2.24, 2.45) is 11.7 Å². The van der Waals surface area contributed by atoms with E-state index in [9.17, 15) is 13.6 Å². The molecule has 1 rings (SSSR count). The molecule has 0 aliphatic rings. The minimum atomic E-state index is -0.623. The average molecular weight is 270 g/mol. The summed E-state index contributed by atoms with van der Waals surface area (Å²) in [5, 5.41) is 2.39. The molecular weight excluding hydrogens is 250 g/mol. The topological polar surface area (TPSA) is 55.1 Å². The molecule has 1 aromatic rings. The van der Waals surface area contributed by atoms with Crippen molar-refractivity contribution in [2.45, 2.75) is 33.1 Å². The van der Waals surface area contributed by atoms with Crippen molar-refractivity contribution in [3.05, 3.63) is 29.3 Å². The lowest BCUT2D eigenvalue weighted by molar-refractivity contribution is -0.116. The molecule has 0 fully saturated rings. The highest BCUT2D eigenvalue weighted by Crippen LogP contribution is 2.19. The Morgan fingerprint density at radius 2 is 2.00 bits per heavy atom. The van der Waals surface area contributed by atoms with Gasteiger partial charge in [0.2, 0.25) is 5.91 Å². The first kappa shape index (κ1) is 15.6. The summed E-state index contributed by atoms with van der Waals surface area (Å²) in [5.74, 6) is -1.13. The van der Waals surface area contributed by atoms with Crippen LogP contribution in [0.25, 0.3) is 0 Å². The molecule has 19 heavy (non-hydrogen) atoms. The van der Waals surface area contributed by atoms with E-state index >= 15 is 0 Å². The molecule has 3 N–H and O–H groups in total. The molecule has 106 valence electrons. The number of carbonyl (C=O) groups excluding carboxylic acids is 1. The zero-order valence-electron chi connectivity index (χ0n) is 11.3. The van der Waals surface area contributed by atoms with Crippen LogP contribution in [0.15, 0.2) is 12.1 Å². The van der Waals surface area contributed by atoms with Crippen molar-refractivity contribution >= 4 is 11.6 Å². The fraction of sp³-hybridized carbons (Fsp3) is 0.500. The van der Waals surface area contributed by atoms with E-state index in [0.29, 0.717) is 18.9 Å². The van der Waals surface area contributed by atoms with Crippen LogP contribution in [0.4, 0.5) is 14.5 Å². The van der Waals surface area contributed by atoms with E-state index in [0.717, 1.165) is 18.6 Å². The maximum atomic E-state index is 13.5. The maximum absolute atomic E-state index is 13.5. The number of carbonyl (C=O) groups is 1. The molecule has 0 aliphatic heterocycles. The van der Waals surface area contributed by atoms with E-state index in [-0.39, 0.29) is 23.6 Å². The van der Waals surface area contributed by atoms with Crippen molar-refractivity contribution in [3.8, 4) is 0 Å². The Kier molecular flexibility index (Phi) is 5.89. The number of hydrogen-bond acceptors (Lipinski definition) is 2. The van der Waals surface area contributed by atoms with Gasteiger partial charge in [-0.25, -0.2) is 8.78 Å². The maximum Gasteiger partial charge on any atom is 0.224 e. The number of amides is 1. The molecule has 1 aromatic carbocycles. The Bertz CT molecular complexity index is 449. The van der Waals surface area contributed by atoms with E-state index in [1.54, 1.807) is 0 Å². The van der Waals surface area contributed by atoms with Crippen molar-refractivity contribution in [1.29, 1.82) is 0 Å². The van der Waals surface area contributed by atoms with E-state index < -0.39 is 11.6 Å². The molecule has 0 radical (unpaired) electrons. The average Bonchev–Trinajstić information content (AvgIpc) is 2.34. The molecule has 0 aliphatic carbocycles. The minimum Gasteiger partial charge on any atom is -0.330 e. The molecule has 1 atom stereocenters. The highest BCUT2D eigenvalue weighted by Gasteiger charge is 2.11. The second-order valence-corrected chi connectivity index (χ2v) is 4.85. The Labute approximate surface area is 112 Å². The summed E-state index contributed by atoms with van der Waals surface area (Å²) < 4.78 is 26.8. The monoisotopic (exact) mass is 270 g/mol. The van der Waals surface area contributed by atoms with Crippen molar-refractivity contribution in [3.63, 3.8) is 0 Å². The van der Waals surface area contributed by atoms with Crippen LogP contribution >= 0.6 is 0 Å². The van der Waals surface area contributed by atoms with Crippen molar-refractivity contribution < 1.29 is 13.6 Å². The van der Waals surface area contributed by atoms with Gasteiger partial charge in [0, 0.05) is 12.5 Å². The summed E-state index contributed by atoms with van der Waals surface area (Å²) in [4.78, 5) is 11.6. The predicted molar refractivity (Wildman–Crippen MR) is 71.8 cm³/mol. The van der Waals surface area contributed by atoms with Crippen molar-refractivity contribution in [2.75, 3.05) is 11.9 Å². The molecule has 0 aromatic heterocycles. The quantitative estimate of drug-likeness (QED) is 0.835. The highest BCUT2D eigenvalue weighted by molar-refractivity contribution is 5.90. The minimum absolute atomic E-state index is 0.112. The van der Waals surface area contributed by atoms with Gasteiger partial charge in [0.25, 0.3) is 0 Å². The Morgan fingerprint density at radius 1 is 1.32 bits per heavy atom. The number of halogens is 2. The van der Waals surface area contributed by atoms with Gasteiger partial charge in [0.05, 0.1) is 5.69 Å². The lowest BCUT2D eigenvalue weighted by Gasteiger charge is -2.11. The SMILES string of the molecule is Cc1cc(F)c(NC(=O)CCC(C)CCN)cc1F. The molecular formula is C14H20F2N2O. The van der Waals surface area contributed by atoms with E-state index in [1.807, 2.05) is 6.92 Å². The van der Waals surface area contributed by atoms with Gasteiger partial charge < -0.3 is 11.1 Å². The van der Waals surface area contributed by atoms with Crippen LogP contribution in [0, 0.1) is 24.5 Å². The van der Waals surface area contributed by atoms with Crippen LogP contribution in [0.2, 0.25) is 0 Å². The van der Waals surface area contributed by atoms with Crippen LogP contribution in [0.3, 0.4) is 0 Å². The third-order valence-corrected chi connectivity index (χ3v) is 3.05. The standard InChI is InChI=1S/C14H20F2N2O/c1-9(5-6-17)3-4-14(19)18-13-8-11(15)10(2)7-12(13)16/h7-9H,3-6,17H2,1-2H3,(H,18,19). The van der Waals surface area contributed by atoms with Crippen LogP contribution in [-0.4, -0.2) is 12.5 Å². The third kappa shape index (κ3) is 4.95. The van der Waals surface area contributed by atoms with Crippen molar-refractivity contribution in [1.82, 2.24) is 0 Å². The lowest BCUT2D eigenvalue weighted by atomic mass is 10.0. The molecule has 0 saturated heterocycles. The van der Waals surface area contributed by atoms with Gasteiger partial charge in [0.15, 0.2) is 0 Å². The van der Waals surface area contributed by atoms with Crippen LogP contribution in [0.1, 0.15) is 31.7 Å². The van der Waals surface area contributed by atoms with Gasteiger partial charge in [-0.2, -0.15) is 0 Å². The number of rotatable bonds is 6. The first-order chi connectivity index (χ1) is 8.93. The Hall–Kier alpha value is -1.49. The van der Waals surface area contributed by atoms with Crippen LogP contribution in [-0.2, 0) is 4.79 Å². The zero-order chi connectivity index (χ0) is 14.4. The lowest BCUT2D eigenvalue weighted by Crippen LogP contribution is -2.15. The van der Waals surface area contributed by atoms with Gasteiger partial charge in [-0.1, -0.05) is 6.92 Å². The third-order valence-electron chi connectivity index (χ3n) is 3.05. The number of nitrogens with one attached hydrogen (secondary N) is 1. The number of anilines is 1. The normalized spacial score (nSPS) is 12.3. The molecule has 0 saturated carbocycles. The molecule has 5 heteroatoms. The van der Waals surface area contributed by atoms with Gasteiger partial charge in [-0.05, 0) is 43.9 Å². The molecule has 1 unspecified atom stereocenters. The first-order valence-electron chi connectivity index (χ1n) is 6.39. The predicted octanol–water partition coefficient (Wildman–Crippen LogP) is 2.98. The van der Waals surface area contributed by atoms with E-state index in [2.05, 4.69) is 5.32 Å². The smallest absolute Gasteiger partial charge is 0.224 e. The van der Waals surface area contributed by atoms with Gasteiger partial charge in [-0.15, -0.1) is 0 Å². The Morgan fingerprint density at radius 3 is 2.63 bits per heavy atom. The summed E-state index contributed by atoms with van der Waals surface area (Å²) in [6.07, 6.45) is 1.80. The summed E-state index contributed by atoms with van der Waals surface area (Å²) in [5.41, 5.74) is 5.52. The van der Waals surface area contributed by atoms with Gasteiger partial charge in [-0.3, -0.25) is 4.79 Å². The summed E-state index contributed by atoms with van der Waals surface area (Å²) in [7, 11) is 0. The second-order valence-electron chi connectivity index (χ2n) is 4.85. The van der Waals surface area contributed by atoms with E-state index in [4.69, 9.17) is 5.73 Å². The number of aryl methyl sites for hydroxylation is 1. The fourth-order valence-corrected chi connectivity index (χ4v) is 1.76. The summed E-state index contributed by atoms with van der Waals surface area (Å²) in [6, 6.07) is 2.08. The summed E-state index contributed by atoms with van der Waals surface area (Å²) >= 11 is 0. The molecule has 3 nitrogen and oxygen atoms in total. The molecule has 0 bridgehead atoms. The summed E-state index contributed by atoms with van der Waals surface area (Å²) in [6.45, 7) is 4.06. The highest BCUT2D eigenvalue weighted by atomic mass is 19.1. The van der Waals surface area contributed by atoms with Gasteiger partial charge >= 0.3 is 0 Å². The van der Waals surface area contributed by atoms with Gasteiger partial charge in [0.1, 0.15) is 11.6 Å². The molecule has 0 spiro atoms. The second kappa shape index (κ2) is 7.19. The number of nitrogens with two attached hydrogens (primary N) is 1. The Balaban J connectivity index is 2.55. The largest absolute Gasteiger partial charge is 0.330 e. The first-order valence-corrected chi connectivity index (χ1v) is 6.39. The van der Waals surface area contributed by atoms with E-state index in [1.165, 1.54) is 6.92 Å². The molecule has 0 heterocycles.